The first-order valence-electron chi connectivity index (χ1n) is 7.43. The first-order valence-corrected chi connectivity index (χ1v) is 7.43. The van der Waals surface area contributed by atoms with Crippen LogP contribution in [0.2, 0.25) is 0 Å². The van der Waals surface area contributed by atoms with Crippen molar-refractivity contribution in [1.29, 1.82) is 0 Å². The predicted octanol–water partition coefficient (Wildman–Crippen LogP) is 2.02. The van der Waals surface area contributed by atoms with Gasteiger partial charge >= 0.3 is 0 Å². The number of benzene rings is 2. The maximum absolute atomic E-state index is 13.7. The van der Waals surface area contributed by atoms with Crippen molar-refractivity contribution in [1.82, 2.24) is 0 Å². The summed E-state index contributed by atoms with van der Waals surface area (Å²) in [6, 6.07) is 10.6. The molecule has 8 heteroatoms. The minimum Gasteiger partial charge on any atom is -0.368 e. The largest absolute Gasteiger partial charge is 0.368 e. The SMILES string of the molecule is NC(=O)C1CC(C(=O)Nc2cc(F)ccc2F)=NN1c1ccccc1. The molecule has 3 N–H and O–H groups in total. The second-order valence-corrected chi connectivity index (χ2v) is 5.43. The zero-order chi connectivity index (χ0) is 18.0. The van der Waals surface area contributed by atoms with E-state index in [-0.39, 0.29) is 17.8 Å². The quantitative estimate of drug-likeness (QED) is 0.889. The summed E-state index contributed by atoms with van der Waals surface area (Å²) in [4.78, 5) is 24.0. The maximum Gasteiger partial charge on any atom is 0.272 e. The molecule has 2 amide bonds. The van der Waals surface area contributed by atoms with E-state index >= 15 is 0 Å². The number of amides is 2. The number of carbonyl (C=O) groups is 2. The van der Waals surface area contributed by atoms with Gasteiger partial charge in [-0.3, -0.25) is 14.6 Å². The Labute approximate surface area is 141 Å². The zero-order valence-electron chi connectivity index (χ0n) is 12.9. The van der Waals surface area contributed by atoms with Gasteiger partial charge < -0.3 is 11.1 Å². The van der Waals surface area contributed by atoms with Crippen LogP contribution in [0.5, 0.6) is 0 Å². The number of hydrogen-bond acceptors (Lipinski definition) is 4. The van der Waals surface area contributed by atoms with Crippen LogP contribution in [0.25, 0.3) is 0 Å². The molecular weight excluding hydrogens is 330 g/mol. The number of nitrogens with two attached hydrogens (primary N) is 1. The van der Waals surface area contributed by atoms with Crippen LogP contribution in [0.4, 0.5) is 20.2 Å². The first-order chi connectivity index (χ1) is 12.0. The van der Waals surface area contributed by atoms with Gasteiger partial charge in [-0.1, -0.05) is 18.2 Å². The van der Waals surface area contributed by atoms with Gasteiger partial charge in [-0.2, -0.15) is 5.10 Å². The highest BCUT2D eigenvalue weighted by Crippen LogP contribution is 2.25. The summed E-state index contributed by atoms with van der Waals surface area (Å²) in [5.41, 5.74) is 5.67. The number of halogens is 2. The lowest BCUT2D eigenvalue weighted by atomic mass is 10.1. The summed E-state index contributed by atoms with van der Waals surface area (Å²) in [6.45, 7) is 0. The molecule has 2 aromatic carbocycles. The highest BCUT2D eigenvalue weighted by molar-refractivity contribution is 6.44. The molecule has 1 atom stereocenters. The summed E-state index contributed by atoms with van der Waals surface area (Å²) in [5.74, 6) is -2.84. The second-order valence-electron chi connectivity index (χ2n) is 5.43. The number of hydrogen-bond donors (Lipinski definition) is 2. The van der Waals surface area contributed by atoms with Crippen molar-refractivity contribution in [3.8, 4) is 0 Å². The molecule has 3 rings (SSSR count). The molecule has 0 radical (unpaired) electrons. The summed E-state index contributed by atoms with van der Waals surface area (Å²) in [7, 11) is 0. The van der Waals surface area contributed by atoms with Crippen LogP contribution in [-0.2, 0) is 9.59 Å². The van der Waals surface area contributed by atoms with E-state index in [0.717, 1.165) is 18.2 Å². The molecular formula is C17H14F2N4O2. The van der Waals surface area contributed by atoms with E-state index in [1.807, 2.05) is 0 Å². The molecule has 0 aliphatic carbocycles. The Bertz CT molecular complexity index is 855. The molecule has 0 saturated carbocycles. The van der Waals surface area contributed by atoms with Crippen molar-refractivity contribution in [2.75, 3.05) is 10.3 Å². The van der Waals surface area contributed by atoms with Crippen LogP contribution in [0, 0.1) is 11.6 Å². The Balaban J connectivity index is 1.85. The van der Waals surface area contributed by atoms with Gasteiger partial charge in [0.15, 0.2) is 0 Å². The Kier molecular flexibility index (Phi) is 4.42. The summed E-state index contributed by atoms with van der Waals surface area (Å²) in [6.07, 6.45) is -0.0347. The molecule has 6 nitrogen and oxygen atoms in total. The van der Waals surface area contributed by atoms with Gasteiger partial charge in [-0.25, -0.2) is 8.78 Å². The fraction of sp³-hybridized carbons (Fsp3) is 0.118. The van der Waals surface area contributed by atoms with Gasteiger partial charge in [-0.05, 0) is 24.3 Å². The van der Waals surface area contributed by atoms with E-state index in [2.05, 4.69) is 10.4 Å². The average Bonchev–Trinajstić information content (AvgIpc) is 3.05. The topological polar surface area (TPSA) is 87.8 Å². The van der Waals surface area contributed by atoms with Crippen molar-refractivity contribution in [3.05, 3.63) is 60.2 Å². The number of nitrogens with zero attached hydrogens (tertiary/aromatic N) is 2. The Morgan fingerprint density at radius 1 is 1.16 bits per heavy atom. The van der Waals surface area contributed by atoms with E-state index in [1.165, 1.54) is 5.01 Å². The molecule has 2 aromatic rings. The van der Waals surface area contributed by atoms with Crippen molar-refractivity contribution in [2.45, 2.75) is 12.5 Å². The summed E-state index contributed by atoms with van der Waals surface area (Å²) < 4.78 is 26.9. The third-order valence-electron chi connectivity index (χ3n) is 3.70. The lowest BCUT2D eigenvalue weighted by Crippen LogP contribution is -2.39. The third-order valence-corrected chi connectivity index (χ3v) is 3.70. The average molecular weight is 344 g/mol. The van der Waals surface area contributed by atoms with Crippen LogP contribution in [-0.4, -0.2) is 23.6 Å². The first kappa shape index (κ1) is 16.6. The van der Waals surface area contributed by atoms with Gasteiger partial charge in [0.25, 0.3) is 5.91 Å². The second kappa shape index (κ2) is 6.68. The van der Waals surface area contributed by atoms with Gasteiger partial charge in [0.1, 0.15) is 23.4 Å². The van der Waals surface area contributed by atoms with Crippen LogP contribution in [0.15, 0.2) is 53.6 Å². The van der Waals surface area contributed by atoms with Crippen LogP contribution in [0.1, 0.15) is 6.42 Å². The molecule has 1 aliphatic rings. The van der Waals surface area contributed by atoms with E-state index in [4.69, 9.17) is 5.73 Å². The Morgan fingerprint density at radius 2 is 1.88 bits per heavy atom. The Hall–Kier alpha value is -3.29. The van der Waals surface area contributed by atoms with E-state index in [0.29, 0.717) is 5.69 Å². The normalized spacial score (nSPS) is 16.5. The van der Waals surface area contributed by atoms with Crippen LogP contribution < -0.4 is 16.1 Å². The number of rotatable bonds is 4. The molecule has 0 bridgehead atoms. The van der Waals surface area contributed by atoms with Crippen molar-refractivity contribution in [3.63, 3.8) is 0 Å². The standard InChI is InChI=1S/C17H14F2N4O2/c18-10-6-7-12(19)13(8-10)21-17(25)14-9-15(16(20)24)23(22-14)11-4-2-1-3-5-11/h1-8,15H,9H2,(H2,20,24)(H,21,25). The van der Waals surface area contributed by atoms with Gasteiger partial charge in [-0.15, -0.1) is 0 Å². The predicted molar refractivity (Wildman–Crippen MR) is 88.9 cm³/mol. The van der Waals surface area contributed by atoms with Crippen LogP contribution in [0.3, 0.4) is 0 Å². The van der Waals surface area contributed by atoms with Gasteiger partial charge in [0.2, 0.25) is 5.91 Å². The number of hydrazone groups is 1. The molecule has 128 valence electrons. The van der Waals surface area contributed by atoms with Crippen LogP contribution >= 0.6 is 0 Å². The summed E-state index contributed by atoms with van der Waals surface area (Å²) >= 11 is 0. The number of primary amides is 1. The van der Waals surface area contributed by atoms with Crippen molar-refractivity contribution < 1.29 is 18.4 Å². The molecule has 0 aromatic heterocycles. The molecule has 0 saturated heterocycles. The minimum atomic E-state index is -0.833. The molecule has 25 heavy (non-hydrogen) atoms. The molecule has 1 unspecified atom stereocenters. The molecule has 0 fully saturated rings. The van der Waals surface area contributed by atoms with E-state index in [9.17, 15) is 18.4 Å². The van der Waals surface area contributed by atoms with E-state index < -0.39 is 29.5 Å². The molecule has 1 heterocycles. The zero-order valence-corrected chi connectivity index (χ0v) is 12.9. The lowest BCUT2D eigenvalue weighted by Gasteiger charge is -2.20. The van der Waals surface area contributed by atoms with Gasteiger partial charge in [0, 0.05) is 12.5 Å². The highest BCUT2D eigenvalue weighted by Gasteiger charge is 2.35. The van der Waals surface area contributed by atoms with E-state index in [1.54, 1.807) is 30.3 Å². The van der Waals surface area contributed by atoms with Gasteiger partial charge in [0.05, 0.1) is 11.4 Å². The maximum atomic E-state index is 13.7. The summed E-state index contributed by atoms with van der Waals surface area (Å²) in [5, 5.41) is 7.74. The number of nitrogens with one attached hydrogen (secondary N) is 1. The highest BCUT2D eigenvalue weighted by atomic mass is 19.1. The molecule has 1 aliphatic heterocycles. The van der Waals surface area contributed by atoms with Crippen molar-refractivity contribution in [2.24, 2.45) is 10.8 Å². The fourth-order valence-corrected chi connectivity index (χ4v) is 2.48. The third kappa shape index (κ3) is 3.47. The number of carbonyl (C=O) groups excluding carboxylic acids is 2. The fourth-order valence-electron chi connectivity index (χ4n) is 2.48. The number of para-hydroxylation sites is 1. The molecule has 0 spiro atoms. The minimum absolute atomic E-state index is 0.00341. The Morgan fingerprint density at radius 3 is 2.56 bits per heavy atom. The smallest absolute Gasteiger partial charge is 0.272 e. The lowest BCUT2D eigenvalue weighted by molar-refractivity contribution is -0.119. The number of anilines is 2. The monoisotopic (exact) mass is 344 g/mol. The van der Waals surface area contributed by atoms with Crippen molar-refractivity contribution >= 4 is 28.9 Å².